The van der Waals surface area contributed by atoms with Crippen molar-refractivity contribution < 1.29 is 35.1 Å². The predicted octanol–water partition coefficient (Wildman–Crippen LogP) is 4.34. The second-order valence-corrected chi connectivity index (χ2v) is 9.11. The quantitative estimate of drug-likeness (QED) is 0.515. The Morgan fingerprint density at radius 3 is 2.38 bits per heavy atom. The SMILES string of the molecule is O=S(=O)(c1ccc(OC(F)(F)F)cc1)N1CCCC(c2nnc(-c3ccc(F)cc3)o2)C1. The van der Waals surface area contributed by atoms with Gasteiger partial charge in [-0.1, -0.05) is 0 Å². The molecule has 0 saturated carbocycles. The number of rotatable bonds is 5. The number of sulfonamides is 1. The second-order valence-electron chi connectivity index (χ2n) is 7.17. The molecule has 2 heterocycles. The Morgan fingerprint density at radius 2 is 1.72 bits per heavy atom. The molecular formula is C20H17F4N3O4S. The Kier molecular flexibility index (Phi) is 5.91. The van der Waals surface area contributed by atoms with Crippen LogP contribution in [0.4, 0.5) is 17.6 Å². The second kappa shape index (κ2) is 8.51. The molecule has 7 nitrogen and oxygen atoms in total. The van der Waals surface area contributed by atoms with E-state index in [0.29, 0.717) is 18.4 Å². The normalized spacial score (nSPS) is 17.9. The molecule has 170 valence electrons. The van der Waals surface area contributed by atoms with Crippen molar-refractivity contribution in [1.82, 2.24) is 14.5 Å². The predicted molar refractivity (Wildman–Crippen MR) is 104 cm³/mol. The van der Waals surface area contributed by atoms with Crippen molar-refractivity contribution >= 4 is 10.0 Å². The van der Waals surface area contributed by atoms with Gasteiger partial charge in [0.25, 0.3) is 0 Å². The standard InChI is InChI=1S/C20H17F4N3O4S/c21-15-5-3-13(4-6-15)18-25-26-19(30-18)14-2-1-11-27(12-14)32(28,29)17-9-7-16(8-10-17)31-20(22,23)24/h3-10,14H,1-2,11-12H2. The van der Waals surface area contributed by atoms with Crippen LogP contribution in [0.5, 0.6) is 5.75 Å². The number of halogens is 4. The average Bonchev–Trinajstić information content (AvgIpc) is 3.24. The van der Waals surface area contributed by atoms with Crippen LogP contribution in [0.15, 0.2) is 57.8 Å². The molecule has 12 heteroatoms. The number of hydrogen-bond acceptors (Lipinski definition) is 6. The highest BCUT2D eigenvalue weighted by atomic mass is 32.2. The molecule has 1 aliphatic rings. The lowest BCUT2D eigenvalue weighted by atomic mass is 10.00. The summed E-state index contributed by atoms with van der Waals surface area (Å²) in [4.78, 5) is -0.148. The first-order valence-electron chi connectivity index (χ1n) is 9.57. The maximum absolute atomic E-state index is 13.1. The molecule has 0 spiro atoms. The number of benzene rings is 2. The summed E-state index contributed by atoms with van der Waals surface area (Å²) >= 11 is 0. The number of ether oxygens (including phenoxy) is 1. The van der Waals surface area contributed by atoms with E-state index >= 15 is 0 Å². The summed E-state index contributed by atoms with van der Waals surface area (Å²) in [5.41, 5.74) is 0.534. The van der Waals surface area contributed by atoms with E-state index in [1.54, 1.807) is 0 Å². The Bertz CT molecular complexity index is 1180. The van der Waals surface area contributed by atoms with Crippen LogP contribution < -0.4 is 4.74 Å². The van der Waals surface area contributed by atoms with Crippen LogP contribution in [-0.2, 0) is 10.0 Å². The molecule has 1 aromatic heterocycles. The lowest BCUT2D eigenvalue weighted by molar-refractivity contribution is -0.274. The van der Waals surface area contributed by atoms with Gasteiger partial charge in [-0.25, -0.2) is 12.8 Å². The summed E-state index contributed by atoms with van der Waals surface area (Å²) in [6.45, 7) is 0.326. The summed E-state index contributed by atoms with van der Waals surface area (Å²) in [6.07, 6.45) is -3.71. The van der Waals surface area contributed by atoms with Gasteiger partial charge in [0.05, 0.1) is 10.8 Å². The van der Waals surface area contributed by atoms with Crippen LogP contribution in [0.1, 0.15) is 24.7 Å². The molecular weight excluding hydrogens is 454 g/mol. The minimum Gasteiger partial charge on any atom is -0.420 e. The Labute approximate surface area is 180 Å². The molecule has 0 bridgehead atoms. The molecule has 2 aromatic carbocycles. The Balaban J connectivity index is 1.49. The summed E-state index contributed by atoms with van der Waals surface area (Å²) in [5, 5.41) is 7.98. The van der Waals surface area contributed by atoms with E-state index in [1.807, 2.05) is 0 Å². The third-order valence-electron chi connectivity index (χ3n) is 4.96. The van der Waals surface area contributed by atoms with E-state index in [-0.39, 0.29) is 35.7 Å². The number of nitrogens with zero attached hydrogens (tertiary/aromatic N) is 3. The molecule has 1 saturated heterocycles. The van der Waals surface area contributed by atoms with Crippen molar-refractivity contribution in [3.63, 3.8) is 0 Å². The summed E-state index contributed by atoms with van der Waals surface area (Å²) in [5.74, 6) is -0.807. The molecule has 0 amide bonds. The lowest BCUT2D eigenvalue weighted by Crippen LogP contribution is -2.39. The van der Waals surface area contributed by atoms with Crippen LogP contribution in [0.2, 0.25) is 0 Å². The molecule has 3 aromatic rings. The number of aromatic nitrogens is 2. The van der Waals surface area contributed by atoms with Gasteiger partial charge in [-0.2, -0.15) is 4.31 Å². The van der Waals surface area contributed by atoms with Crippen LogP contribution in [0.25, 0.3) is 11.5 Å². The van der Waals surface area contributed by atoms with Crippen LogP contribution in [0, 0.1) is 5.82 Å². The molecule has 0 radical (unpaired) electrons. The number of piperidine rings is 1. The Hall–Kier alpha value is -2.99. The van der Waals surface area contributed by atoms with Gasteiger partial charge in [0, 0.05) is 18.7 Å². The summed E-state index contributed by atoms with van der Waals surface area (Å²) < 4.78 is 86.7. The van der Waals surface area contributed by atoms with E-state index in [4.69, 9.17) is 4.42 Å². The zero-order chi connectivity index (χ0) is 22.9. The fourth-order valence-electron chi connectivity index (χ4n) is 3.43. The molecule has 1 fully saturated rings. The molecule has 4 rings (SSSR count). The minimum atomic E-state index is -4.86. The monoisotopic (exact) mass is 471 g/mol. The molecule has 1 atom stereocenters. The van der Waals surface area contributed by atoms with Crippen LogP contribution in [-0.4, -0.2) is 42.4 Å². The first-order valence-corrected chi connectivity index (χ1v) is 11.0. The van der Waals surface area contributed by atoms with Gasteiger partial charge in [0.1, 0.15) is 11.6 Å². The Morgan fingerprint density at radius 1 is 1.03 bits per heavy atom. The van der Waals surface area contributed by atoms with E-state index in [2.05, 4.69) is 14.9 Å². The summed E-state index contributed by atoms with van der Waals surface area (Å²) in [7, 11) is -3.95. The zero-order valence-corrected chi connectivity index (χ0v) is 17.2. The van der Waals surface area contributed by atoms with Crippen molar-refractivity contribution in [3.05, 3.63) is 60.2 Å². The topological polar surface area (TPSA) is 85.5 Å². The first-order chi connectivity index (χ1) is 15.1. The highest BCUT2D eigenvalue weighted by molar-refractivity contribution is 7.89. The molecule has 32 heavy (non-hydrogen) atoms. The largest absolute Gasteiger partial charge is 0.573 e. The van der Waals surface area contributed by atoms with Crippen LogP contribution >= 0.6 is 0 Å². The van der Waals surface area contributed by atoms with Crippen LogP contribution in [0.3, 0.4) is 0 Å². The highest BCUT2D eigenvalue weighted by Gasteiger charge is 2.34. The molecule has 0 N–H and O–H groups in total. The van der Waals surface area contributed by atoms with Gasteiger partial charge >= 0.3 is 6.36 Å². The van der Waals surface area contributed by atoms with Gasteiger partial charge in [0.2, 0.25) is 21.8 Å². The third-order valence-corrected chi connectivity index (χ3v) is 6.84. The van der Waals surface area contributed by atoms with E-state index in [1.165, 1.54) is 28.6 Å². The first kappa shape index (κ1) is 22.2. The average molecular weight is 471 g/mol. The van der Waals surface area contributed by atoms with Crippen molar-refractivity contribution in [2.24, 2.45) is 0 Å². The fraction of sp³-hybridized carbons (Fsp3) is 0.300. The van der Waals surface area contributed by atoms with E-state index in [9.17, 15) is 26.0 Å². The maximum Gasteiger partial charge on any atom is 0.573 e. The number of alkyl halides is 3. The van der Waals surface area contributed by atoms with Crippen molar-refractivity contribution in [1.29, 1.82) is 0 Å². The molecule has 0 aliphatic carbocycles. The smallest absolute Gasteiger partial charge is 0.420 e. The van der Waals surface area contributed by atoms with E-state index in [0.717, 1.165) is 24.3 Å². The van der Waals surface area contributed by atoms with Crippen molar-refractivity contribution in [2.45, 2.75) is 30.0 Å². The van der Waals surface area contributed by atoms with Gasteiger partial charge in [-0.15, -0.1) is 23.4 Å². The third kappa shape index (κ3) is 4.91. The van der Waals surface area contributed by atoms with Gasteiger partial charge < -0.3 is 9.15 Å². The molecule has 1 aliphatic heterocycles. The minimum absolute atomic E-state index is 0.0776. The lowest BCUT2D eigenvalue weighted by Gasteiger charge is -2.30. The van der Waals surface area contributed by atoms with Gasteiger partial charge in [-0.3, -0.25) is 0 Å². The molecule has 1 unspecified atom stereocenters. The number of hydrogen-bond donors (Lipinski definition) is 0. The highest BCUT2D eigenvalue weighted by Crippen LogP contribution is 2.32. The van der Waals surface area contributed by atoms with E-state index < -0.39 is 28.0 Å². The zero-order valence-electron chi connectivity index (χ0n) is 16.4. The van der Waals surface area contributed by atoms with Crippen molar-refractivity contribution in [2.75, 3.05) is 13.1 Å². The van der Waals surface area contributed by atoms with Gasteiger partial charge in [-0.05, 0) is 61.4 Å². The van der Waals surface area contributed by atoms with Crippen molar-refractivity contribution in [3.8, 4) is 17.2 Å². The summed E-state index contributed by atoms with van der Waals surface area (Å²) in [6, 6.07) is 9.56. The maximum atomic E-state index is 13.1. The van der Waals surface area contributed by atoms with Gasteiger partial charge in [0.15, 0.2) is 0 Å². The fourth-order valence-corrected chi connectivity index (χ4v) is 4.96.